The summed E-state index contributed by atoms with van der Waals surface area (Å²) in [7, 11) is 1.74. The van der Waals surface area contributed by atoms with Gasteiger partial charge in [-0.3, -0.25) is 14.6 Å². The zero-order chi connectivity index (χ0) is 16.1. The Bertz CT molecular complexity index is 527. The first-order chi connectivity index (χ1) is 11.3. The maximum atomic E-state index is 12.7. The summed E-state index contributed by atoms with van der Waals surface area (Å²) >= 11 is 0. The smallest absolute Gasteiger partial charge is 0.241 e. The van der Waals surface area contributed by atoms with Gasteiger partial charge in [-0.2, -0.15) is 0 Å². The van der Waals surface area contributed by atoms with E-state index in [1.54, 1.807) is 7.11 Å². The van der Waals surface area contributed by atoms with Gasteiger partial charge >= 0.3 is 0 Å². The van der Waals surface area contributed by atoms with Crippen molar-refractivity contribution in [2.75, 3.05) is 64.4 Å². The van der Waals surface area contributed by atoms with Gasteiger partial charge in [-0.25, -0.2) is 0 Å². The zero-order valence-electron chi connectivity index (χ0n) is 14.0. The van der Waals surface area contributed by atoms with E-state index in [-0.39, 0.29) is 5.91 Å². The van der Waals surface area contributed by atoms with E-state index >= 15 is 0 Å². The molecule has 2 heterocycles. The molecule has 5 nitrogen and oxygen atoms in total. The number of carbonyl (C=O) groups is 1. The molecule has 0 unspecified atom stereocenters. The topological polar surface area (TPSA) is 36.0 Å². The predicted molar refractivity (Wildman–Crippen MR) is 91.9 cm³/mol. The van der Waals surface area contributed by atoms with Crippen molar-refractivity contribution in [1.82, 2.24) is 9.80 Å². The minimum Gasteiger partial charge on any atom is -0.383 e. The molecule has 5 heteroatoms. The summed E-state index contributed by atoms with van der Waals surface area (Å²) in [6.07, 6.45) is 2.14. The number of para-hydroxylation sites is 1. The molecule has 126 valence electrons. The fraction of sp³-hybridized carbons (Fsp3) is 0.611. The average molecular weight is 317 g/mol. The lowest BCUT2D eigenvalue weighted by Crippen LogP contribution is -2.51. The monoisotopic (exact) mass is 317 g/mol. The number of benzene rings is 1. The van der Waals surface area contributed by atoms with Crippen molar-refractivity contribution in [3.05, 3.63) is 29.8 Å². The lowest BCUT2D eigenvalue weighted by Gasteiger charge is -2.36. The van der Waals surface area contributed by atoms with Gasteiger partial charge in [0, 0.05) is 52.1 Å². The van der Waals surface area contributed by atoms with Crippen LogP contribution in [0.4, 0.5) is 5.69 Å². The number of hydrogen-bond acceptors (Lipinski definition) is 4. The summed E-state index contributed by atoms with van der Waals surface area (Å²) in [6.45, 7) is 7.12. The summed E-state index contributed by atoms with van der Waals surface area (Å²) in [6, 6.07) is 8.31. The van der Waals surface area contributed by atoms with E-state index in [0.717, 1.165) is 64.4 Å². The Kier molecular flexibility index (Phi) is 5.65. The molecule has 0 atom stereocenters. The van der Waals surface area contributed by atoms with Crippen LogP contribution in [0.2, 0.25) is 0 Å². The molecule has 0 aromatic heterocycles. The van der Waals surface area contributed by atoms with Crippen LogP contribution in [-0.4, -0.2) is 75.2 Å². The highest BCUT2D eigenvalue weighted by molar-refractivity contribution is 5.95. The lowest BCUT2D eigenvalue weighted by atomic mass is 10.0. The van der Waals surface area contributed by atoms with Crippen molar-refractivity contribution in [2.24, 2.45) is 0 Å². The van der Waals surface area contributed by atoms with Gasteiger partial charge in [0.2, 0.25) is 5.91 Å². The number of aryl methyl sites for hydroxylation is 1. The van der Waals surface area contributed by atoms with Crippen LogP contribution in [0, 0.1) is 0 Å². The molecule has 0 N–H and O–H groups in total. The number of anilines is 1. The van der Waals surface area contributed by atoms with E-state index in [1.807, 2.05) is 11.0 Å². The number of fused-ring (bicyclic) bond motifs is 1. The number of rotatable bonds is 5. The second kappa shape index (κ2) is 7.90. The fourth-order valence-electron chi connectivity index (χ4n) is 3.46. The molecule has 0 radical (unpaired) electrons. The van der Waals surface area contributed by atoms with Crippen molar-refractivity contribution in [1.29, 1.82) is 0 Å². The lowest BCUT2D eigenvalue weighted by molar-refractivity contribution is -0.120. The number of methoxy groups -OCH3 is 1. The number of ether oxygens (including phenoxy) is 1. The van der Waals surface area contributed by atoms with Gasteiger partial charge in [0.05, 0.1) is 13.2 Å². The Morgan fingerprint density at radius 2 is 1.83 bits per heavy atom. The standard InChI is InChI=1S/C18H27N3O2/c1-23-14-13-19-9-11-20(12-10-19)15-18(22)21-8-4-6-16-5-2-3-7-17(16)21/h2-3,5,7H,4,6,8-15H2,1H3. The third-order valence-corrected chi connectivity index (χ3v) is 4.85. The Hall–Kier alpha value is -1.43. The van der Waals surface area contributed by atoms with Crippen LogP contribution in [0.15, 0.2) is 24.3 Å². The van der Waals surface area contributed by atoms with Crippen LogP contribution < -0.4 is 4.90 Å². The van der Waals surface area contributed by atoms with Gasteiger partial charge < -0.3 is 9.64 Å². The van der Waals surface area contributed by atoms with Gasteiger partial charge in [0.1, 0.15) is 0 Å². The van der Waals surface area contributed by atoms with Crippen molar-refractivity contribution >= 4 is 11.6 Å². The Morgan fingerprint density at radius 1 is 1.09 bits per heavy atom. The molecule has 0 aliphatic carbocycles. The maximum Gasteiger partial charge on any atom is 0.241 e. The summed E-state index contributed by atoms with van der Waals surface area (Å²) in [5.74, 6) is 0.238. The Labute approximate surface area is 138 Å². The number of hydrogen-bond donors (Lipinski definition) is 0. The zero-order valence-corrected chi connectivity index (χ0v) is 14.0. The minimum atomic E-state index is 0.238. The first-order valence-electron chi connectivity index (χ1n) is 8.60. The van der Waals surface area contributed by atoms with Gasteiger partial charge in [-0.1, -0.05) is 18.2 Å². The summed E-state index contributed by atoms with van der Waals surface area (Å²) in [5.41, 5.74) is 2.42. The fourth-order valence-corrected chi connectivity index (χ4v) is 3.46. The first-order valence-corrected chi connectivity index (χ1v) is 8.60. The predicted octanol–water partition coefficient (Wildman–Crippen LogP) is 1.23. The maximum absolute atomic E-state index is 12.7. The number of piperazine rings is 1. The molecule has 0 saturated carbocycles. The second-order valence-electron chi connectivity index (χ2n) is 6.39. The highest BCUT2D eigenvalue weighted by Crippen LogP contribution is 2.26. The van der Waals surface area contributed by atoms with Crippen molar-refractivity contribution in [3.8, 4) is 0 Å². The van der Waals surface area contributed by atoms with Crippen LogP contribution in [0.25, 0.3) is 0 Å². The van der Waals surface area contributed by atoms with Crippen LogP contribution in [0.3, 0.4) is 0 Å². The second-order valence-corrected chi connectivity index (χ2v) is 6.39. The molecule has 0 spiro atoms. The molecule has 2 aliphatic rings. The van der Waals surface area contributed by atoms with Crippen LogP contribution in [-0.2, 0) is 16.0 Å². The van der Waals surface area contributed by atoms with Gasteiger partial charge in [0.25, 0.3) is 0 Å². The molecule has 1 aromatic rings. The Morgan fingerprint density at radius 3 is 2.61 bits per heavy atom. The summed E-state index contributed by atoms with van der Waals surface area (Å²) in [5, 5.41) is 0. The van der Waals surface area contributed by atoms with Crippen LogP contribution in [0.5, 0.6) is 0 Å². The van der Waals surface area contributed by atoms with Gasteiger partial charge in [-0.15, -0.1) is 0 Å². The summed E-state index contributed by atoms with van der Waals surface area (Å²) in [4.78, 5) is 19.4. The average Bonchev–Trinajstić information content (AvgIpc) is 2.60. The van der Waals surface area contributed by atoms with E-state index in [0.29, 0.717) is 6.54 Å². The molecule has 3 rings (SSSR count). The van der Waals surface area contributed by atoms with Crippen molar-refractivity contribution < 1.29 is 9.53 Å². The molecule has 2 aliphatic heterocycles. The van der Waals surface area contributed by atoms with Crippen LogP contribution >= 0.6 is 0 Å². The highest BCUT2D eigenvalue weighted by atomic mass is 16.5. The van der Waals surface area contributed by atoms with E-state index in [1.165, 1.54) is 5.56 Å². The molecule has 1 fully saturated rings. The Balaban J connectivity index is 1.53. The SMILES string of the molecule is COCCN1CCN(CC(=O)N2CCCc3ccccc32)CC1. The molecule has 1 aromatic carbocycles. The molecule has 1 saturated heterocycles. The van der Waals surface area contributed by atoms with Gasteiger partial charge in [-0.05, 0) is 24.5 Å². The van der Waals surface area contributed by atoms with Crippen molar-refractivity contribution in [2.45, 2.75) is 12.8 Å². The summed E-state index contributed by atoms with van der Waals surface area (Å²) < 4.78 is 5.13. The number of amides is 1. The van der Waals surface area contributed by atoms with E-state index < -0.39 is 0 Å². The normalized spacial score (nSPS) is 19.6. The third kappa shape index (κ3) is 4.10. The van der Waals surface area contributed by atoms with E-state index in [4.69, 9.17) is 4.74 Å². The minimum absolute atomic E-state index is 0.238. The molecule has 1 amide bonds. The van der Waals surface area contributed by atoms with E-state index in [9.17, 15) is 4.79 Å². The molecular weight excluding hydrogens is 290 g/mol. The van der Waals surface area contributed by atoms with Crippen molar-refractivity contribution in [3.63, 3.8) is 0 Å². The molecular formula is C18H27N3O2. The van der Waals surface area contributed by atoms with Crippen LogP contribution in [0.1, 0.15) is 12.0 Å². The largest absolute Gasteiger partial charge is 0.383 e. The molecule has 23 heavy (non-hydrogen) atoms. The van der Waals surface area contributed by atoms with E-state index in [2.05, 4.69) is 28.0 Å². The number of nitrogens with zero attached hydrogens (tertiary/aromatic N) is 3. The number of carbonyl (C=O) groups excluding carboxylic acids is 1. The quantitative estimate of drug-likeness (QED) is 0.818. The highest BCUT2D eigenvalue weighted by Gasteiger charge is 2.25. The molecule has 0 bridgehead atoms. The third-order valence-electron chi connectivity index (χ3n) is 4.85. The first kappa shape index (κ1) is 16.4. The van der Waals surface area contributed by atoms with Gasteiger partial charge in [0.15, 0.2) is 0 Å².